The Bertz CT molecular complexity index is 1670. The first kappa shape index (κ1) is 25.2. The van der Waals surface area contributed by atoms with Crippen LogP contribution < -0.4 is 15.5 Å². The SMILES string of the molecule is CN(c1ccc2c(c1)nc(NCc1ccccc1)n2C)c1ccnc(Nc2ccc(CS(C)(=O)=O)cc2)n1. The normalized spacial score (nSPS) is 11.4. The number of fused-ring (bicyclic) bond motifs is 1. The van der Waals surface area contributed by atoms with Crippen LogP contribution >= 0.6 is 0 Å². The van der Waals surface area contributed by atoms with Crippen molar-refractivity contribution in [2.75, 3.05) is 28.8 Å². The average Bonchev–Trinajstić information content (AvgIpc) is 3.22. The average molecular weight is 528 g/mol. The number of imidazole rings is 1. The Morgan fingerprint density at radius 2 is 1.68 bits per heavy atom. The number of aromatic nitrogens is 4. The van der Waals surface area contributed by atoms with Crippen LogP contribution in [0.3, 0.4) is 0 Å². The van der Waals surface area contributed by atoms with E-state index in [2.05, 4.69) is 43.4 Å². The number of nitrogens with zero attached hydrogens (tertiary/aromatic N) is 5. The number of aryl methyl sites for hydroxylation is 1. The maximum atomic E-state index is 11.5. The van der Waals surface area contributed by atoms with Gasteiger partial charge in [-0.05, 0) is 47.5 Å². The van der Waals surface area contributed by atoms with Crippen molar-refractivity contribution in [3.05, 3.63) is 96.2 Å². The summed E-state index contributed by atoms with van der Waals surface area (Å²) in [5.74, 6) is 1.97. The van der Waals surface area contributed by atoms with E-state index in [0.717, 1.165) is 33.9 Å². The molecule has 2 heterocycles. The molecule has 38 heavy (non-hydrogen) atoms. The van der Waals surface area contributed by atoms with Crippen molar-refractivity contribution in [3.8, 4) is 0 Å². The molecular formula is C28H29N7O2S. The van der Waals surface area contributed by atoms with Crippen molar-refractivity contribution in [1.82, 2.24) is 19.5 Å². The molecule has 0 bridgehead atoms. The highest BCUT2D eigenvalue weighted by Gasteiger charge is 2.13. The minimum absolute atomic E-state index is 0.00918. The summed E-state index contributed by atoms with van der Waals surface area (Å²) in [5.41, 5.74) is 5.55. The van der Waals surface area contributed by atoms with Crippen molar-refractivity contribution in [1.29, 1.82) is 0 Å². The molecule has 0 spiro atoms. The Balaban J connectivity index is 1.31. The fourth-order valence-corrected chi connectivity index (χ4v) is 4.97. The number of hydrogen-bond donors (Lipinski definition) is 2. The summed E-state index contributed by atoms with van der Waals surface area (Å²) in [6, 6.07) is 25.4. The van der Waals surface area contributed by atoms with Crippen LogP contribution in [-0.4, -0.2) is 41.2 Å². The lowest BCUT2D eigenvalue weighted by molar-refractivity contribution is 0.601. The molecule has 0 aliphatic carbocycles. The highest BCUT2D eigenvalue weighted by molar-refractivity contribution is 7.89. The van der Waals surface area contributed by atoms with Crippen LogP contribution in [0.1, 0.15) is 11.1 Å². The lowest BCUT2D eigenvalue weighted by atomic mass is 10.2. The van der Waals surface area contributed by atoms with Crippen LogP contribution in [0.15, 0.2) is 85.1 Å². The molecule has 0 saturated heterocycles. The van der Waals surface area contributed by atoms with Crippen molar-refractivity contribution in [3.63, 3.8) is 0 Å². The smallest absolute Gasteiger partial charge is 0.229 e. The maximum absolute atomic E-state index is 11.5. The van der Waals surface area contributed by atoms with E-state index in [4.69, 9.17) is 4.98 Å². The zero-order chi connectivity index (χ0) is 26.7. The van der Waals surface area contributed by atoms with E-state index in [0.29, 0.717) is 18.3 Å². The van der Waals surface area contributed by atoms with Gasteiger partial charge < -0.3 is 20.1 Å². The number of anilines is 5. The van der Waals surface area contributed by atoms with Crippen molar-refractivity contribution < 1.29 is 8.42 Å². The third kappa shape index (κ3) is 5.92. The quantitative estimate of drug-likeness (QED) is 0.275. The van der Waals surface area contributed by atoms with Gasteiger partial charge >= 0.3 is 0 Å². The fraction of sp³-hybridized carbons (Fsp3) is 0.179. The van der Waals surface area contributed by atoms with Crippen LogP contribution in [0.5, 0.6) is 0 Å². The van der Waals surface area contributed by atoms with E-state index >= 15 is 0 Å². The minimum Gasteiger partial charge on any atom is -0.352 e. The first-order valence-corrected chi connectivity index (χ1v) is 14.2. The summed E-state index contributed by atoms with van der Waals surface area (Å²) in [4.78, 5) is 15.8. The van der Waals surface area contributed by atoms with Gasteiger partial charge in [0.05, 0.1) is 16.8 Å². The van der Waals surface area contributed by atoms with Crippen LogP contribution in [0.25, 0.3) is 11.0 Å². The lowest BCUT2D eigenvalue weighted by Crippen LogP contribution is -2.12. The standard InChI is InChI=1S/C28H29N7O2S/c1-34(26-15-16-29-27(33-26)31-22-11-9-21(10-12-22)19-38(3,36)37)23-13-14-25-24(17-23)32-28(35(25)2)30-18-20-7-5-4-6-8-20/h4-17H,18-19H2,1-3H3,(H,30,32)(H,29,31,33). The molecule has 0 atom stereocenters. The van der Waals surface area contributed by atoms with Gasteiger partial charge in [-0.1, -0.05) is 42.5 Å². The van der Waals surface area contributed by atoms with E-state index in [9.17, 15) is 8.42 Å². The zero-order valence-corrected chi connectivity index (χ0v) is 22.3. The second kappa shape index (κ2) is 10.5. The Morgan fingerprint density at radius 1 is 0.921 bits per heavy atom. The maximum Gasteiger partial charge on any atom is 0.229 e. The van der Waals surface area contributed by atoms with Gasteiger partial charge in [-0.25, -0.2) is 18.4 Å². The molecule has 194 valence electrons. The summed E-state index contributed by atoms with van der Waals surface area (Å²) in [7, 11) is 0.871. The minimum atomic E-state index is -3.08. The summed E-state index contributed by atoms with van der Waals surface area (Å²) < 4.78 is 25.1. The Kier molecular flexibility index (Phi) is 6.97. The molecule has 0 fully saturated rings. The molecule has 0 saturated carbocycles. The second-order valence-corrected chi connectivity index (χ2v) is 11.3. The van der Waals surface area contributed by atoms with Crippen molar-refractivity contribution in [2.45, 2.75) is 12.3 Å². The molecule has 0 radical (unpaired) electrons. The number of sulfone groups is 1. The molecule has 10 heteroatoms. The summed E-state index contributed by atoms with van der Waals surface area (Å²) in [6.07, 6.45) is 2.92. The van der Waals surface area contributed by atoms with E-state index in [-0.39, 0.29) is 5.75 Å². The van der Waals surface area contributed by atoms with Crippen LogP contribution in [0.4, 0.5) is 29.1 Å². The van der Waals surface area contributed by atoms with Gasteiger partial charge in [0.1, 0.15) is 5.82 Å². The Morgan fingerprint density at radius 3 is 2.42 bits per heavy atom. The van der Waals surface area contributed by atoms with Gasteiger partial charge in [0.2, 0.25) is 11.9 Å². The number of nitrogens with one attached hydrogen (secondary N) is 2. The van der Waals surface area contributed by atoms with Crippen molar-refractivity contribution >= 4 is 50.0 Å². The highest BCUT2D eigenvalue weighted by Crippen LogP contribution is 2.28. The van der Waals surface area contributed by atoms with Gasteiger partial charge in [0.15, 0.2) is 9.84 Å². The van der Waals surface area contributed by atoms with Crippen LogP contribution in [0.2, 0.25) is 0 Å². The monoisotopic (exact) mass is 527 g/mol. The molecule has 5 aromatic rings. The fourth-order valence-electron chi connectivity index (χ4n) is 4.18. The molecule has 9 nitrogen and oxygen atoms in total. The van der Waals surface area contributed by atoms with E-state index in [1.165, 1.54) is 11.8 Å². The molecule has 0 unspecified atom stereocenters. The lowest BCUT2D eigenvalue weighted by Gasteiger charge is -2.19. The number of hydrogen-bond acceptors (Lipinski definition) is 8. The Hall–Kier alpha value is -4.44. The molecule has 0 aliphatic heterocycles. The predicted octanol–water partition coefficient (Wildman–Crippen LogP) is 5.03. The van der Waals surface area contributed by atoms with Crippen LogP contribution in [-0.2, 0) is 29.2 Å². The highest BCUT2D eigenvalue weighted by atomic mass is 32.2. The van der Waals surface area contributed by atoms with Gasteiger partial charge in [-0.3, -0.25) is 0 Å². The second-order valence-electron chi connectivity index (χ2n) is 9.20. The molecule has 2 N–H and O–H groups in total. The van der Waals surface area contributed by atoms with Crippen molar-refractivity contribution in [2.24, 2.45) is 7.05 Å². The van der Waals surface area contributed by atoms with Gasteiger partial charge in [0.25, 0.3) is 0 Å². The number of benzene rings is 3. The summed E-state index contributed by atoms with van der Waals surface area (Å²) >= 11 is 0. The summed E-state index contributed by atoms with van der Waals surface area (Å²) in [6.45, 7) is 0.696. The molecular weight excluding hydrogens is 498 g/mol. The zero-order valence-electron chi connectivity index (χ0n) is 21.5. The van der Waals surface area contributed by atoms with Crippen LogP contribution in [0, 0.1) is 0 Å². The van der Waals surface area contributed by atoms with Gasteiger partial charge in [-0.15, -0.1) is 0 Å². The van der Waals surface area contributed by atoms with E-state index in [1.807, 2.05) is 67.5 Å². The molecule has 3 aromatic carbocycles. The van der Waals surface area contributed by atoms with E-state index in [1.54, 1.807) is 18.3 Å². The number of rotatable bonds is 9. The predicted molar refractivity (Wildman–Crippen MR) is 153 cm³/mol. The molecule has 5 rings (SSSR count). The Labute approximate surface area is 222 Å². The molecule has 0 aliphatic rings. The largest absolute Gasteiger partial charge is 0.352 e. The molecule has 2 aromatic heterocycles. The summed E-state index contributed by atoms with van der Waals surface area (Å²) in [5, 5.41) is 6.61. The third-order valence-corrected chi connectivity index (χ3v) is 7.03. The first-order chi connectivity index (χ1) is 18.2. The molecule has 0 amide bonds. The van der Waals surface area contributed by atoms with Gasteiger partial charge in [0, 0.05) is 44.5 Å². The first-order valence-electron chi connectivity index (χ1n) is 12.1. The van der Waals surface area contributed by atoms with E-state index < -0.39 is 9.84 Å². The third-order valence-electron chi connectivity index (χ3n) is 6.17. The topological polar surface area (TPSA) is 105 Å². The van der Waals surface area contributed by atoms with Gasteiger partial charge in [-0.2, -0.15) is 4.98 Å².